The summed E-state index contributed by atoms with van der Waals surface area (Å²) in [7, 11) is 0. The van der Waals surface area contributed by atoms with E-state index in [0.717, 1.165) is 35.6 Å². The summed E-state index contributed by atoms with van der Waals surface area (Å²) in [6.45, 7) is 5.25. The number of likely N-dealkylation sites (tertiary alicyclic amines) is 1. The Morgan fingerprint density at radius 1 is 1.30 bits per heavy atom. The first-order chi connectivity index (χ1) is 13.2. The lowest BCUT2D eigenvalue weighted by molar-refractivity contribution is 0.0504. The van der Waals surface area contributed by atoms with Gasteiger partial charge in [-0.3, -0.25) is 4.79 Å². The van der Waals surface area contributed by atoms with Crippen LogP contribution in [0.1, 0.15) is 43.6 Å². The molecule has 27 heavy (non-hydrogen) atoms. The largest absolute Gasteiger partial charge is 0.334 e. The Morgan fingerprint density at radius 2 is 2.11 bits per heavy atom. The molecule has 0 bridgehead atoms. The molecule has 2 aromatic heterocycles. The van der Waals surface area contributed by atoms with Crippen molar-refractivity contribution in [3.63, 3.8) is 0 Å². The lowest BCUT2D eigenvalue weighted by atomic mass is 9.89. The van der Waals surface area contributed by atoms with Crippen LogP contribution >= 0.6 is 11.3 Å². The summed E-state index contributed by atoms with van der Waals surface area (Å²) in [6, 6.07) is 10.3. The van der Waals surface area contributed by atoms with Gasteiger partial charge in [-0.25, -0.2) is 9.67 Å². The second-order valence-electron chi connectivity index (χ2n) is 7.14. The quantitative estimate of drug-likeness (QED) is 0.662. The van der Waals surface area contributed by atoms with Crippen LogP contribution in [-0.2, 0) is 0 Å². The smallest absolute Gasteiger partial charge is 0.273 e. The van der Waals surface area contributed by atoms with E-state index in [1.807, 2.05) is 51.5 Å². The molecule has 0 saturated carbocycles. The molecule has 1 fully saturated rings. The number of carbonyl (C=O) groups is 1. The fraction of sp³-hybridized carbons (Fsp3) is 0.381. The third-order valence-electron chi connectivity index (χ3n) is 5.37. The van der Waals surface area contributed by atoms with Crippen molar-refractivity contribution in [2.75, 3.05) is 6.54 Å². The van der Waals surface area contributed by atoms with Crippen molar-refractivity contribution in [3.05, 3.63) is 53.8 Å². The van der Waals surface area contributed by atoms with Crippen molar-refractivity contribution >= 4 is 17.2 Å². The van der Waals surface area contributed by atoms with Crippen molar-refractivity contribution in [2.45, 2.75) is 39.2 Å². The van der Waals surface area contributed by atoms with Crippen LogP contribution in [0, 0.1) is 5.92 Å². The first-order valence-electron chi connectivity index (χ1n) is 9.54. The average molecular weight is 381 g/mol. The van der Waals surface area contributed by atoms with Gasteiger partial charge >= 0.3 is 0 Å². The molecule has 2 atom stereocenters. The van der Waals surface area contributed by atoms with Gasteiger partial charge in [0.1, 0.15) is 10.7 Å². The Balaban J connectivity index is 1.55. The molecule has 3 heterocycles. The zero-order valence-electron chi connectivity index (χ0n) is 15.7. The first-order valence-corrected chi connectivity index (χ1v) is 10.4. The molecule has 0 aliphatic carbocycles. The van der Waals surface area contributed by atoms with E-state index in [9.17, 15) is 4.79 Å². The second-order valence-corrected chi connectivity index (χ2v) is 8.00. The molecular formula is C21H24N4OS. The molecule has 0 spiro atoms. The third kappa shape index (κ3) is 3.54. The normalized spacial score (nSPS) is 20.0. The molecule has 2 unspecified atom stereocenters. The molecular weight excluding hydrogens is 356 g/mol. The van der Waals surface area contributed by atoms with E-state index in [-0.39, 0.29) is 5.91 Å². The van der Waals surface area contributed by atoms with Gasteiger partial charge in [0, 0.05) is 29.7 Å². The minimum absolute atomic E-state index is 0.0614. The highest BCUT2D eigenvalue weighted by atomic mass is 32.1. The van der Waals surface area contributed by atoms with Crippen molar-refractivity contribution in [3.8, 4) is 16.3 Å². The van der Waals surface area contributed by atoms with Gasteiger partial charge in [-0.15, -0.1) is 11.3 Å². The summed E-state index contributed by atoms with van der Waals surface area (Å²) >= 11 is 1.50. The number of rotatable bonds is 4. The molecule has 4 rings (SSSR count). The van der Waals surface area contributed by atoms with Crippen LogP contribution in [0.25, 0.3) is 16.3 Å². The number of aromatic nitrogens is 3. The van der Waals surface area contributed by atoms with Crippen LogP contribution in [0.3, 0.4) is 0 Å². The van der Waals surface area contributed by atoms with E-state index in [1.165, 1.54) is 17.8 Å². The topological polar surface area (TPSA) is 51.0 Å². The molecule has 6 heteroatoms. The van der Waals surface area contributed by atoms with Gasteiger partial charge in [-0.2, -0.15) is 5.10 Å². The Bertz CT molecular complexity index is 917. The second kappa shape index (κ2) is 7.64. The molecule has 1 amide bonds. The van der Waals surface area contributed by atoms with E-state index in [4.69, 9.17) is 0 Å². The van der Waals surface area contributed by atoms with Gasteiger partial charge in [-0.1, -0.05) is 32.0 Å². The fourth-order valence-corrected chi connectivity index (χ4v) is 4.70. The molecule has 1 aliphatic rings. The summed E-state index contributed by atoms with van der Waals surface area (Å²) in [5, 5.41) is 7.14. The van der Waals surface area contributed by atoms with Gasteiger partial charge in [0.25, 0.3) is 5.91 Å². The van der Waals surface area contributed by atoms with Crippen LogP contribution in [0.2, 0.25) is 0 Å². The molecule has 1 aromatic carbocycles. The minimum Gasteiger partial charge on any atom is -0.334 e. The number of amides is 1. The minimum atomic E-state index is 0.0614. The Kier molecular flexibility index (Phi) is 5.07. The number of nitrogens with zero attached hydrogens (tertiary/aromatic N) is 4. The third-order valence-corrected chi connectivity index (χ3v) is 6.26. The van der Waals surface area contributed by atoms with Gasteiger partial charge in [0.05, 0.1) is 11.9 Å². The standard InChI is InChI=1S/C21H24N4OS/c1-3-19-15(2)8-7-11-24(19)21(26)18-14-27-20(23-18)16-12-22-25(13-16)17-9-5-4-6-10-17/h4-6,9-10,12-15,19H,3,7-8,11H2,1-2H3. The summed E-state index contributed by atoms with van der Waals surface area (Å²) in [6.07, 6.45) is 7.03. The summed E-state index contributed by atoms with van der Waals surface area (Å²) in [4.78, 5) is 19.7. The maximum absolute atomic E-state index is 13.0. The molecule has 140 valence electrons. The fourth-order valence-electron chi connectivity index (χ4n) is 3.93. The molecule has 1 aliphatic heterocycles. The Morgan fingerprint density at radius 3 is 2.89 bits per heavy atom. The average Bonchev–Trinajstić information content (AvgIpc) is 3.37. The highest BCUT2D eigenvalue weighted by Crippen LogP contribution is 2.29. The lowest BCUT2D eigenvalue weighted by Crippen LogP contribution is -2.47. The lowest BCUT2D eigenvalue weighted by Gasteiger charge is -2.39. The van der Waals surface area contributed by atoms with Crippen LogP contribution in [0.15, 0.2) is 48.1 Å². The number of carbonyl (C=O) groups excluding carboxylic acids is 1. The van der Waals surface area contributed by atoms with Gasteiger partial charge in [0.15, 0.2) is 0 Å². The van der Waals surface area contributed by atoms with Crippen LogP contribution in [-0.4, -0.2) is 38.2 Å². The zero-order chi connectivity index (χ0) is 18.8. The van der Waals surface area contributed by atoms with E-state index < -0.39 is 0 Å². The summed E-state index contributed by atoms with van der Waals surface area (Å²) < 4.78 is 1.83. The number of benzene rings is 1. The van der Waals surface area contributed by atoms with Crippen molar-refractivity contribution < 1.29 is 4.79 Å². The number of hydrogen-bond donors (Lipinski definition) is 0. The number of piperidine rings is 1. The number of para-hydroxylation sites is 1. The highest BCUT2D eigenvalue weighted by Gasteiger charge is 2.32. The highest BCUT2D eigenvalue weighted by molar-refractivity contribution is 7.13. The van der Waals surface area contributed by atoms with Gasteiger partial charge in [0.2, 0.25) is 0 Å². The summed E-state index contributed by atoms with van der Waals surface area (Å²) in [5.74, 6) is 0.612. The van der Waals surface area contributed by atoms with Crippen molar-refractivity contribution in [2.24, 2.45) is 5.92 Å². The van der Waals surface area contributed by atoms with E-state index in [2.05, 4.69) is 23.9 Å². The Labute approximate surface area is 163 Å². The van der Waals surface area contributed by atoms with E-state index >= 15 is 0 Å². The van der Waals surface area contributed by atoms with E-state index in [0.29, 0.717) is 17.7 Å². The maximum atomic E-state index is 13.0. The molecule has 3 aromatic rings. The predicted octanol–water partition coefficient (Wildman–Crippen LogP) is 4.65. The predicted molar refractivity (Wildman–Crippen MR) is 108 cm³/mol. The van der Waals surface area contributed by atoms with Crippen molar-refractivity contribution in [1.29, 1.82) is 0 Å². The van der Waals surface area contributed by atoms with Crippen molar-refractivity contribution in [1.82, 2.24) is 19.7 Å². The zero-order valence-corrected chi connectivity index (χ0v) is 16.5. The summed E-state index contributed by atoms with van der Waals surface area (Å²) in [5.41, 5.74) is 2.49. The molecule has 1 saturated heterocycles. The molecule has 0 radical (unpaired) electrons. The first kappa shape index (κ1) is 17.9. The number of thiazole rings is 1. The van der Waals surface area contributed by atoms with Crippen LogP contribution < -0.4 is 0 Å². The molecule has 5 nitrogen and oxygen atoms in total. The SMILES string of the molecule is CCC1C(C)CCCN1C(=O)c1csc(-c2cnn(-c3ccccc3)c2)n1. The van der Waals surface area contributed by atoms with Crippen LogP contribution in [0.5, 0.6) is 0 Å². The van der Waals surface area contributed by atoms with Crippen LogP contribution in [0.4, 0.5) is 0 Å². The Hall–Kier alpha value is -2.47. The maximum Gasteiger partial charge on any atom is 0.273 e. The number of hydrogen-bond acceptors (Lipinski definition) is 4. The van der Waals surface area contributed by atoms with Gasteiger partial charge in [-0.05, 0) is 37.3 Å². The van der Waals surface area contributed by atoms with E-state index in [1.54, 1.807) is 6.20 Å². The molecule has 0 N–H and O–H groups in total. The van der Waals surface area contributed by atoms with Gasteiger partial charge < -0.3 is 4.90 Å². The monoisotopic (exact) mass is 380 g/mol.